The molecule has 0 fully saturated rings. The van der Waals surface area contributed by atoms with Crippen molar-refractivity contribution in [3.63, 3.8) is 0 Å². The van der Waals surface area contributed by atoms with Crippen LogP contribution in [0.3, 0.4) is 0 Å². The van der Waals surface area contributed by atoms with Gasteiger partial charge in [0.15, 0.2) is 0 Å². The zero-order valence-electron chi connectivity index (χ0n) is 11.1. The second-order valence-electron chi connectivity index (χ2n) is 3.64. The van der Waals surface area contributed by atoms with Gasteiger partial charge in [-0.25, -0.2) is 12.7 Å². The number of hydrogen-bond donors (Lipinski definition) is 2. The molecule has 0 heterocycles. The van der Waals surface area contributed by atoms with Gasteiger partial charge in [0.1, 0.15) is 5.75 Å². The van der Waals surface area contributed by atoms with Crippen LogP contribution in [0.4, 0.5) is 0 Å². The SMILES string of the molecule is CCN(CC)S(=O)(=O)CC(=O)NCCSCC(=O)O. The smallest absolute Gasteiger partial charge is 0.313 e. The summed E-state index contributed by atoms with van der Waals surface area (Å²) in [6.07, 6.45) is 0. The molecule has 0 rings (SSSR count). The lowest BCUT2D eigenvalue weighted by atomic mass is 10.6. The Kier molecular flexibility index (Phi) is 8.77. The molecule has 0 aromatic rings. The Morgan fingerprint density at radius 1 is 1.26 bits per heavy atom. The van der Waals surface area contributed by atoms with Gasteiger partial charge in [-0.2, -0.15) is 0 Å². The van der Waals surface area contributed by atoms with E-state index in [-0.39, 0.29) is 12.3 Å². The molecule has 112 valence electrons. The van der Waals surface area contributed by atoms with Gasteiger partial charge in [0.25, 0.3) is 0 Å². The minimum absolute atomic E-state index is 0.0341. The molecule has 0 saturated carbocycles. The molecule has 0 aromatic carbocycles. The van der Waals surface area contributed by atoms with Crippen LogP contribution in [-0.4, -0.2) is 66.6 Å². The van der Waals surface area contributed by atoms with Crippen LogP contribution in [0.5, 0.6) is 0 Å². The first kappa shape index (κ1) is 18.2. The molecule has 19 heavy (non-hydrogen) atoms. The van der Waals surface area contributed by atoms with E-state index in [1.165, 1.54) is 4.31 Å². The molecule has 0 aromatic heterocycles. The van der Waals surface area contributed by atoms with Crippen LogP contribution in [-0.2, 0) is 19.6 Å². The van der Waals surface area contributed by atoms with E-state index in [4.69, 9.17) is 5.11 Å². The highest BCUT2D eigenvalue weighted by Gasteiger charge is 2.22. The van der Waals surface area contributed by atoms with Crippen LogP contribution in [0.15, 0.2) is 0 Å². The summed E-state index contributed by atoms with van der Waals surface area (Å²) >= 11 is 1.16. The van der Waals surface area contributed by atoms with Crippen LogP contribution in [0.25, 0.3) is 0 Å². The molecular formula is C10H20N2O5S2. The number of nitrogens with zero attached hydrogens (tertiary/aromatic N) is 1. The van der Waals surface area contributed by atoms with Crippen molar-refractivity contribution in [3.05, 3.63) is 0 Å². The average Bonchev–Trinajstić information content (AvgIpc) is 2.28. The molecule has 0 unspecified atom stereocenters. The molecular weight excluding hydrogens is 292 g/mol. The Balaban J connectivity index is 4.01. The Morgan fingerprint density at radius 2 is 1.84 bits per heavy atom. The fourth-order valence-corrected chi connectivity index (χ4v) is 3.32. The van der Waals surface area contributed by atoms with Gasteiger partial charge >= 0.3 is 5.97 Å². The van der Waals surface area contributed by atoms with Crippen LogP contribution >= 0.6 is 11.8 Å². The van der Waals surface area contributed by atoms with E-state index in [0.29, 0.717) is 18.8 Å². The molecule has 7 nitrogen and oxygen atoms in total. The van der Waals surface area contributed by atoms with E-state index < -0.39 is 27.7 Å². The standard InChI is InChI=1S/C10H20N2O5S2/c1-3-12(4-2)19(16,17)8-9(13)11-5-6-18-7-10(14)15/h3-8H2,1-2H3,(H,11,13)(H,14,15). The first-order chi connectivity index (χ1) is 8.83. The molecule has 9 heteroatoms. The highest BCUT2D eigenvalue weighted by molar-refractivity contribution is 7.99. The van der Waals surface area contributed by atoms with E-state index in [1.54, 1.807) is 13.8 Å². The number of carboxylic acids is 1. The normalized spacial score (nSPS) is 11.5. The van der Waals surface area contributed by atoms with E-state index in [0.717, 1.165) is 11.8 Å². The van der Waals surface area contributed by atoms with Crippen molar-refractivity contribution in [1.82, 2.24) is 9.62 Å². The summed E-state index contributed by atoms with van der Waals surface area (Å²) in [5.41, 5.74) is 0. The topological polar surface area (TPSA) is 104 Å². The predicted octanol–water partition coefficient (Wildman–Crippen LogP) is -0.408. The fourth-order valence-electron chi connectivity index (χ4n) is 1.35. The molecule has 0 spiro atoms. The first-order valence-corrected chi connectivity index (χ1v) is 8.63. The van der Waals surface area contributed by atoms with Gasteiger partial charge in [0.2, 0.25) is 15.9 Å². The van der Waals surface area contributed by atoms with Gasteiger partial charge in [-0.3, -0.25) is 9.59 Å². The first-order valence-electron chi connectivity index (χ1n) is 5.87. The zero-order chi connectivity index (χ0) is 14.9. The monoisotopic (exact) mass is 312 g/mol. The summed E-state index contributed by atoms with van der Waals surface area (Å²) in [6, 6.07) is 0. The number of thioether (sulfide) groups is 1. The van der Waals surface area contributed by atoms with Gasteiger partial charge < -0.3 is 10.4 Å². The maximum absolute atomic E-state index is 11.8. The summed E-state index contributed by atoms with van der Waals surface area (Å²) < 4.78 is 24.8. The lowest BCUT2D eigenvalue weighted by Gasteiger charge is -2.17. The Labute approximate surface area is 117 Å². The molecule has 2 N–H and O–H groups in total. The van der Waals surface area contributed by atoms with Crippen LogP contribution < -0.4 is 5.32 Å². The summed E-state index contributed by atoms with van der Waals surface area (Å²) in [6.45, 7) is 4.34. The summed E-state index contributed by atoms with van der Waals surface area (Å²) in [5.74, 6) is -1.65. The molecule has 0 aliphatic heterocycles. The van der Waals surface area contributed by atoms with Crippen molar-refractivity contribution in [2.75, 3.05) is 36.9 Å². The Bertz CT molecular complexity index is 393. The van der Waals surface area contributed by atoms with Crippen molar-refractivity contribution in [2.45, 2.75) is 13.8 Å². The van der Waals surface area contributed by atoms with Gasteiger partial charge in [-0.05, 0) is 0 Å². The van der Waals surface area contributed by atoms with Crippen LogP contribution in [0, 0.1) is 0 Å². The third-order valence-electron chi connectivity index (χ3n) is 2.21. The summed E-state index contributed by atoms with van der Waals surface area (Å²) in [5, 5.41) is 10.9. The molecule has 0 radical (unpaired) electrons. The van der Waals surface area contributed by atoms with E-state index in [9.17, 15) is 18.0 Å². The highest BCUT2D eigenvalue weighted by atomic mass is 32.2. The largest absolute Gasteiger partial charge is 0.481 e. The molecule has 1 amide bonds. The number of hydrogen-bond acceptors (Lipinski definition) is 5. The van der Waals surface area contributed by atoms with Crippen molar-refractivity contribution >= 4 is 33.7 Å². The molecule has 0 saturated heterocycles. The molecule has 0 atom stereocenters. The maximum Gasteiger partial charge on any atom is 0.313 e. The van der Waals surface area contributed by atoms with Gasteiger partial charge in [-0.1, -0.05) is 13.8 Å². The average molecular weight is 312 g/mol. The van der Waals surface area contributed by atoms with E-state index in [1.807, 2.05) is 0 Å². The van der Waals surface area contributed by atoms with Crippen molar-refractivity contribution in [2.24, 2.45) is 0 Å². The molecule has 0 aliphatic carbocycles. The van der Waals surface area contributed by atoms with Gasteiger partial charge in [-0.15, -0.1) is 11.8 Å². The van der Waals surface area contributed by atoms with Crippen molar-refractivity contribution in [3.8, 4) is 0 Å². The number of amides is 1. The highest BCUT2D eigenvalue weighted by Crippen LogP contribution is 2.01. The fraction of sp³-hybridized carbons (Fsp3) is 0.800. The number of sulfonamides is 1. The Morgan fingerprint density at radius 3 is 2.32 bits per heavy atom. The Hall–Kier alpha value is -0.800. The van der Waals surface area contributed by atoms with Gasteiger partial charge in [0.05, 0.1) is 5.75 Å². The van der Waals surface area contributed by atoms with E-state index >= 15 is 0 Å². The van der Waals surface area contributed by atoms with Crippen molar-refractivity contribution < 1.29 is 23.1 Å². The number of carboxylic acid groups (broad SMARTS) is 1. The summed E-state index contributed by atoms with van der Waals surface area (Å²) in [4.78, 5) is 21.7. The van der Waals surface area contributed by atoms with Crippen LogP contribution in [0.1, 0.15) is 13.8 Å². The third kappa shape index (κ3) is 8.06. The van der Waals surface area contributed by atoms with Crippen molar-refractivity contribution in [1.29, 1.82) is 0 Å². The molecule has 0 bridgehead atoms. The lowest BCUT2D eigenvalue weighted by molar-refractivity contribution is -0.133. The second-order valence-corrected chi connectivity index (χ2v) is 6.71. The molecule has 0 aliphatic rings. The number of carbonyl (C=O) groups is 2. The second kappa shape index (κ2) is 9.16. The van der Waals surface area contributed by atoms with E-state index in [2.05, 4.69) is 5.32 Å². The minimum Gasteiger partial charge on any atom is -0.481 e. The number of nitrogens with one attached hydrogen (secondary N) is 1. The third-order valence-corrected chi connectivity index (χ3v) is 5.08. The predicted molar refractivity (Wildman–Crippen MR) is 74.7 cm³/mol. The minimum atomic E-state index is -3.56. The summed E-state index contributed by atoms with van der Waals surface area (Å²) in [7, 11) is -3.56. The number of aliphatic carboxylic acids is 1. The van der Waals surface area contributed by atoms with Crippen LogP contribution in [0.2, 0.25) is 0 Å². The zero-order valence-corrected chi connectivity index (χ0v) is 12.7. The maximum atomic E-state index is 11.8. The lowest BCUT2D eigenvalue weighted by Crippen LogP contribution is -2.39. The quantitative estimate of drug-likeness (QED) is 0.532. The van der Waals surface area contributed by atoms with Gasteiger partial charge in [0, 0.05) is 25.4 Å². The number of carbonyl (C=O) groups excluding carboxylic acids is 1. The number of rotatable bonds is 10.